The van der Waals surface area contributed by atoms with Crippen LogP contribution < -0.4 is 11.1 Å². The van der Waals surface area contributed by atoms with E-state index in [0.717, 1.165) is 12.1 Å². The van der Waals surface area contributed by atoms with Crippen LogP contribution in [0, 0.1) is 11.6 Å². The minimum Gasteiger partial charge on any atom is -0.368 e. The average Bonchev–Trinajstić information content (AvgIpc) is 2.26. The Morgan fingerprint density at radius 2 is 2.05 bits per heavy atom. The molecule has 0 radical (unpaired) electrons. The lowest BCUT2D eigenvalue weighted by Crippen LogP contribution is -2.44. The second-order valence-electron chi connectivity index (χ2n) is 3.77. The highest BCUT2D eigenvalue weighted by atomic mass is 79.9. The third-order valence-corrected chi connectivity index (χ3v) is 2.57. The summed E-state index contributed by atoms with van der Waals surface area (Å²) in [6.07, 6.45) is 0.0733. The number of benzene rings is 1. The van der Waals surface area contributed by atoms with Crippen molar-refractivity contribution in [2.24, 2.45) is 5.73 Å². The van der Waals surface area contributed by atoms with Gasteiger partial charge < -0.3 is 11.1 Å². The molecule has 0 heterocycles. The lowest BCUT2D eigenvalue weighted by Gasteiger charge is -2.15. The van der Waals surface area contributed by atoms with Crippen LogP contribution in [-0.4, -0.2) is 17.9 Å². The van der Waals surface area contributed by atoms with E-state index in [0.29, 0.717) is 10.5 Å². The van der Waals surface area contributed by atoms with E-state index in [2.05, 4.69) is 27.8 Å². The van der Waals surface area contributed by atoms with Crippen molar-refractivity contribution in [3.63, 3.8) is 0 Å². The van der Waals surface area contributed by atoms with E-state index in [1.54, 1.807) is 0 Å². The summed E-state index contributed by atoms with van der Waals surface area (Å²) in [6, 6.07) is 1.49. The van der Waals surface area contributed by atoms with E-state index in [1.165, 1.54) is 0 Å². The Hall–Kier alpha value is -1.76. The zero-order valence-electron chi connectivity index (χ0n) is 9.75. The zero-order valence-corrected chi connectivity index (χ0v) is 11.3. The van der Waals surface area contributed by atoms with Gasteiger partial charge in [0.05, 0.1) is 5.56 Å². The molecule has 4 nitrogen and oxygen atoms in total. The molecule has 0 aliphatic rings. The van der Waals surface area contributed by atoms with Crippen LogP contribution >= 0.6 is 15.9 Å². The summed E-state index contributed by atoms with van der Waals surface area (Å²) in [5, 5.41) is 2.26. The molecule has 1 aromatic rings. The van der Waals surface area contributed by atoms with Crippen LogP contribution in [0.25, 0.3) is 0 Å². The normalized spacial score (nSPS) is 11.7. The molecule has 0 saturated carbocycles. The Kier molecular flexibility index (Phi) is 5.17. The number of halogens is 3. The first-order valence-corrected chi connectivity index (χ1v) is 5.99. The molecule has 0 spiro atoms. The van der Waals surface area contributed by atoms with Crippen molar-refractivity contribution in [2.75, 3.05) is 0 Å². The first kappa shape index (κ1) is 15.3. The summed E-state index contributed by atoms with van der Waals surface area (Å²) in [4.78, 5) is 22.9. The van der Waals surface area contributed by atoms with E-state index in [9.17, 15) is 18.4 Å². The number of primary amides is 1. The van der Waals surface area contributed by atoms with Gasteiger partial charge in [-0.05, 0) is 16.6 Å². The van der Waals surface area contributed by atoms with Crippen LogP contribution in [0.4, 0.5) is 8.78 Å². The van der Waals surface area contributed by atoms with Crippen LogP contribution in [0.15, 0.2) is 29.3 Å². The highest BCUT2D eigenvalue weighted by molar-refractivity contribution is 9.11. The topological polar surface area (TPSA) is 72.2 Å². The maximum Gasteiger partial charge on any atom is 0.254 e. The predicted octanol–water partition coefficient (Wildman–Crippen LogP) is 1.85. The molecule has 0 aliphatic carbocycles. The highest BCUT2D eigenvalue weighted by Gasteiger charge is 2.21. The summed E-state index contributed by atoms with van der Waals surface area (Å²) in [7, 11) is 0. The molecule has 0 saturated heterocycles. The molecule has 1 atom stereocenters. The molecule has 0 bridgehead atoms. The standard InChI is InChI=1S/C12H11BrF2N2O2/c1-6(13)4-10(11(16)18)17-12(19)8-3-2-7(14)5-9(8)15/h2-3,5,10H,1,4H2,(H2,16,18)(H,17,19)/t10-/m0/s1. The van der Waals surface area contributed by atoms with Crippen LogP contribution in [-0.2, 0) is 4.79 Å². The summed E-state index contributed by atoms with van der Waals surface area (Å²) >= 11 is 3.04. The first-order valence-electron chi connectivity index (χ1n) is 5.19. The van der Waals surface area contributed by atoms with E-state index < -0.39 is 29.5 Å². The minimum absolute atomic E-state index is 0.0733. The maximum atomic E-state index is 13.4. The molecule has 102 valence electrons. The summed E-state index contributed by atoms with van der Waals surface area (Å²) in [5.41, 5.74) is 4.74. The zero-order chi connectivity index (χ0) is 14.6. The third kappa shape index (κ3) is 4.44. The largest absolute Gasteiger partial charge is 0.368 e. The second-order valence-corrected chi connectivity index (χ2v) is 4.90. The maximum absolute atomic E-state index is 13.4. The molecule has 1 aromatic carbocycles. The number of hydrogen-bond donors (Lipinski definition) is 2. The summed E-state index contributed by atoms with van der Waals surface area (Å²) in [5.74, 6) is -3.45. The molecular weight excluding hydrogens is 322 g/mol. The fraction of sp³-hybridized carbons (Fsp3) is 0.167. The Balaban J connectivity index is 2.87. The first-order chi connectivity index (χ1) is 8.81. The smallest absolute Gasteiger partial charge is 0.254 e. The number of rotatable bonds is 5. The quantitative estimate of drug-likeness (QED) is 0.863. The second kappa shape index (κ2) is 6.42. The van der Waals surface area contributed by atoms with Crippen molar-refractivity contribution in [1.29, 1.82) is 0 Å². The number of nitrogens with two attached hydrogens (primary N) is 1. The number of nitrogens with one attached hydrogen (secondary N) is 1. The Morgan fingerprint density at radius 1 is 1.42 bits per heavy atom. The molecular formula is C12H11BrF2N2O2. The predicted molar refractivity (Wildman–Crippen MR) is 69.5 cm³/mol. The van der Waals surface area contributed by atoms with Gasteiger partial charge in [-0.25, -0.2) is 8.78 Å². The fourth-order valence-corrected chi connectivity index (χ4v) is 1.68. The molecule has 0 unspecified atom stereocenters. The Morgan fingerprint density at radius 3 is 2.53 bits per heavy atom. The van der Waals surface area contributed by atoms with E-state index in [-0.39, 0.29) is 12.0 Å². The van der Waals surface area contributed by atoms with Gasteiger partial charge in [0.1, 0.15) is 17.7 Å². The van der Waals surface area contributed by atoms with Gasteiger partial charge in [-0.1, -0.05) is 22.5 Å². The minimum atomic E-state index is -1.02. The van der Waals surface area contributed by atoms with Gasteiger partial charge in [0.25, 0.3) is 5.91 Å². The van der Waals surface area contributed by atoms with Crippen LogP contribution in [0.5, 0.6) is 0 Å². The Bertz CT molecular complexity index is 534. The van der Waals surface area contributed by atoms with Crippen molar-refractivity contribution < 1.29 is 18.4 Å². The molecule has 0 fully saturated rings. The molecule has 1 rings (SSSR count). The van der Waals surface area contributed by atoms with Gasteiger partial charge >= 0.3 is 0 Å². The van der Waals surface area contributed by atoms with Crippen LogP contribution in [0.3, 0.4) is 0 Å². The van der Waals surface area contributed by atoms with Gasteiger partial charge in [-0.3, -0.25) is 9.59 Å². The van der Waals surface area contributed by atoms with Crippen molar-refractivity contribution in [1.82, 2.24) is 5.32 Å². The van der Waals surface area contributed by atoms with E-state index in [4.69, 9.17) is 5.73 Å². The third-order valence-electron chi connectivity index (χ3n) is 2.25. The SMILES string of the molecule is C=C(Br)C[C@H](NC(=O)c1ccc(F)cc1F)C(N)=O. The van der Waals surface area contributed by atoms with Crippen molar-refractivity contribution in [2.45, 2.75) is 12.5 Å². The lowest BCUT2D eigenvalue weighted by atomic mass is 10.1. The van der Waals surface area contributed by atoms with Gasteiger partial charge in [0.2, 0.25) is 5.91 Å². The Labute approximate surface area is 116 Å². The molecule has 19 heavy (non-hydrogen) atoms. The molecule has 2 amide bonds. The van der Waals surface area contributed by atoms with Crippen LogP contribution in [0.1, 0.15) is 16.8 Å². The van der Waals surface area contributed by atoms with E-state index >= 15 is 0 Å². The van der Waals surface area contributed by atoms with Gasteiger partial charge in [0, 0.05) is 12.5 Å². The number of amides is 2. The lowest BCUT2D eigenvalue weighted by molar-refractivity contribution is -0.119. The van der Waals surface area contributed by atoms with E-state index in [1.807, 2.05) is 0 Å². The van der Waals surface area contributed by atoms with Crippen molar-refractivity contribution in [3.8, 4) is 0 Å². The number of carbonyl (C=O) groups is 2. The monoisotopic (exact) mass is 332 g/mol. The molecule has 3 N–H and O–H groups in total. The fourth-order valence-electron chi connectivity index (χ4n) is 1.35. The van der Waals surface area contributed by atoms with Gasteiger partial charge in [-0.15, -0.1) is 0 Å². The highest BCUT2D eigenvalue weighted by Crippen LogP contribution is 2.13. The van der Waals surface area contributed by atoms with Gasteiger partial charge in [-0.2, -0.15) is 0 Å². The van der Waals surface area contributed by atoms with Crippen molar-refractivity contribution in [3.05, 3.63) is 46.5 Å². The molecule has 7 heteroatoms. The van der Waals surface area contributed by atoms with Gasteiger partial charge in [0.15, 0.2) is 0 Å². The summed E-state index contributed by atoms with van der Waals surface area (Å²) in [6.45, 7) is 3.52. The number of carbonyl (C=O) groups excluding carboxylic acids is 2. The molecule has 0 aliphatic heterocycles. The molecule has 0 aromatic heterocycles. The number of hydrogen-bond acceptors (Lipinski definition) is 2. The van der Waals surface area contributed by atoms with Crippen LogP contribution in [0.2, 0.25) is 0 Å². The average molecular weight is 333 g/mol. The summed E-state index contributed by atoms with van der Waals surface area (Å²) < 4.78 is 26.5. The van der Waals surface area contributed by atoms with Crippen molar-refractivity contribution >= 4 is 27.7 Å².